The predicted molar refractivity (Wildman–Crippen MR) is 98.9 cm³/mol. The van der Waals surface area contributed by atoms with E-state index in [1.54, 1.807) is 47.8 Å². The SMILES string of the molecule is Cc1[nH]n(-c2ccc3nnc(C)n3n2)c(=O)c1C=Nc1ccc(Cl)cc1. The molecule has 1 N–H and O–H groups in total. The van der Waals surface area contributed by atoms with Crippen LogP contribution in [0.25, 0.3) is 11.5 Å². The van der Waals surface area contributed by atoms with Gasteiger partial charge in [0.25, 0.3) is 5.56 Å². The van der Waals surface area contributed by atoms with Crippen molar-refractivity contribution in [2.24, 2.45) is 4.99 Å². The van der Waals surface area contributed by atoms with Gasteiger partial charge in [0.1, 0.15) is 0 Å². The standard InChI is InChI=1S/C17H14ClN7O/c1-10-14(9-19-13-5-3-12(18)4-6-13)17(26)25(22-10)16-8-7-15-21-20-11(2)24(15)23-16/h3-9,22H,1-2H3. The van der Waals surface area contributed by atoms with Crippen LogP contribution in [0.3, 0.4) is 0 Å². The third-order valence-corrected chi connectivity index (χ3v) is 4.17. The minimum atomic E-state index is -0.238. The van der Waals surface area contributed by atoms with Gasteiger partial charge in [-0.25, -0.2) is 0 Å². The summed E-state index contributed by atoms with van der Waals surface area (Å²) < 4.78 is 2.96. The van der Waals surface area contributed by atoms with Gasteiger partial charge in [-0.2, -0.15) is 9.20 Å². The molecule has 3 aromatic heterocycles. The summed E-state index contributed by atoms with van der Waals surface area (Å²) in [6.45, 7) is 3.60. The van der Waals surface area contributed by atoms with Gasteiger partial charge < -0.3 is 0 Å². The number of nitrogens with one attached hydrogen (secondary N) is 1. The van der Waals surface area contributed by atoms with E-state index in [4.69, 9.17) is 11.6 Å². The molecule has 0 aliphatic heterocycles. The highest BCUT2D eigenvalue weighted by molar-refractivity contribution is 6.30. The Hall–Kier alpha value is -3.26. The molecule has 0 spiro atoms. The van der Waals surface area contributed by atoms with Gasteiger partial charge in [0, 0.05) is 16.9 Å². The Labute approximate surface area is 152 Å². The number of hydrogen-bond acceptors (Lipinski definition) is 5. The van der Waals surface area contributed by atoms with Crippen LogP contribution >= 0.6 is 11.6 Å². The van der Waals surface area contributed by atoms with Crippen molar-refractivity contribution in [1.29, 1.82) is 0 Å². The molecule has 1 aromatic carbocycles. The van der Waals surface area contributed by atoms with Gasteiger partial charge in [-0.1, -0.05) is 11.6 Å². The maximum atomic E-state index is 12.8. The number of aromatic amines is 1. The molecule has 0 bridgehead atoms. The van der Waals surface area contributed by atoms with Crippen LogP contribution < -0.4 is 5.56 Å². The smallest absolute Gasteiger partial charge is 0.281 e. The van der Waals surface area contributed by atoms with Gasteiger partial charge in [0.05, 0.1) is 11.3 Å². The molecule has 9 heteroatoms. The zero-order chi connectivity index (χ0) is 18.3. The van der Waals surface area contributed by atoms with Gasteiger partial charge >= 0.3 is 0 Å². The number of hydrogen-bond donors (Lipinski definition) is 1. The van der Waals surface area contributed by atoms with Crippen LogP contribution in [0.15, 0.2) is 46.2 Å². The first-order valence-corrected chi connectivity index (χ1v) is 8.21. The summed E-state index contributed by atoms with van der Waals surface area (Å²) in [5, 5.41) is 16.0. The minimum Gasteiger partial charge on any atom is -0.293 e. The minimum absolute atomic E-state index is 0.238. The molecule has 0 saturated carbocycles. The molecule has 130 valence electrons. The van der Waals surface area contributed by atoms with E-state index in [2.05, 4.69) is 25.4 Å². The monoisotopic (exact) mass is 367 g/mol. The van der Waals surface area contributed by atoms with Gasteiger partial charge in [-0.15, -0.1) is 15.3 Å². The van der Waals surface area contributed by atoms with E-state index < -0.39 is 0 Å². The van der Waals surface area contributed by atoms with E-state index >= 15 is 0 Å². The van der Waals surface area contributed by atoms with Crippen molar-refractivity contribution in [2.45, 2.75) is 13.8 Å². The summed E-state index contributed by atoms with van der Waals surface area (Å²) in [5.74, 6) is 1.09. The summed E-state index contributed by atoms with van der Waals surface area (Å²) in [5.41, 5.74) is 2.24. The highest BCUT2D eigenvalue weighted by Crippen LogP contribution is 2.16. The van der Waals surface area contributed by atoms with Crippen molar-refractivity contribution >= 4 is 29.2 Å². The fourth-order valence-electron chi connectivity index (χ4n) is 2.54. The lowest BCUT2D eigenvalue weighted by atomic mass is 10.3. The van der Waals surface area contributed by atoms with E-state index in [1.807, 2.05) is 6.92 Å². The molecule has 0 fully saturated rings. The quantitative estimate of drug-likeness (QED) is 0.563. The van der Waals surface area contributed by atoms with Crippen LogP contribution in [0.4, 0.5) is 5.69 Å². The van der Waals surface area contributed by atoms with Crippen LogP contribution in [0, 0.1) is 13.8 Å². The summed E-state index contributed by atoms with van der Waals surface area (Å²) in [6, 6.07) is 10.5. The molecule has 0 unspecified atom stereocenters. The zero-order valence-corrected chi connectivity index (χ0v) is 14.8. The largest absolute Gasteiger partial charge is 0.293 e. The fourth-order valence-corrected chi connectivity index (χ4v) is 2.67. The maximum Gasteiger partial charge on any atom is 0.281 e. The van der Waals surface area contributed by atoms with Crippen molar-refractivity contribution in [3.63, 3.8) is 0 Å². The lowest BCUT2D eigenvalue weighted by molar-refractivity contribution is 0.755. The van der Waals surface area contributed by atoms with Crippen LogP contribution in [0.5, 0.6) is 0 Å². The Morgan fingerprint density at radius 3 is 2.65 bits per heavy atom. The molecule has 0 aliphatic rings. The number of halogens is 1. The van der Waals surface area contributed by atoms with Crippen molar-refractivity contribution in [2.75, 3.05) is 0 Å². The number of nitrogens with zero attached hydrogens (tertiary/aromatic N) is 6. The number of aliphatic imine (C=N–C) groups is 1. The van der Waals surface area contributed by atoms with E-state index in [-0.39, 0.29) is 5.56 Å². The van der Waals surface area contributed by atoms with Crippen molar-refractivity contribution < 1.29 is 0 Å². The maximum absolute atomic E-state index is 12.8. The summed E-state index contributed by atoms with van der Waals surface area (Å²) in [4.78, 5) is 17.1. The molecule has 26 heavy (non-hydrogen) atoms. The number of aromatic nitrogens is 6. The number of aryl methyl sites for hydroxylation is 2. The van der Waals surface area contributed by atoms with Crippen molar-refractivity contribution in [3.8, 4) is 5.82 Å². The molecule has 0 radical (unpaired) electrons. The fraction of sp³-hybridized carbons (Fsp3) is 0.118. The second-order valence-electron chi connectivity index (χ2n) is 5.73. The van der Waals surface area contributed by atoms with E-state index in [0.29, 0.717) is 39.3 Å². The molecule has 3 heterocycles. The first-order valence-electron chi connectivity index (χ1n) is 7.83. The molecule has 0 amide bonds. The Kier molecular flexibility index (Phi) is 3.89. The van der Waals surface area contributed by atoms with Gasteiger partial charge in [-0.05, 0) is 50.2 Å². The highest BCUT2D eigenvalue weighted by atomic mass is 35.5. The first kappa shape index (κ1) is 16.2. The van der Waals surface area contributed by atoms with E-state index in [9.17, 15) is 4.79 Å². The third kappa shape index (κ3) is 2.80. The number of fused-ring (bicyclic) bond motifs is 1. The molecule has 8 nitrogen and oxygen atoms in total. The summed E-state index contributed by atoms with van der Waals surface area (Å²) in [6.07, 6.45) is 1.54. The van der Waals surface area contributed by atoms with Crippen LogP contribution in [-0.2, 0) is 0 Å². The molecule has 0 atom stereocenters. The normalized spacial score (nSPS) is 11.7. The topological polar surface area (TPSA) is 93.2 Å². The Balaban J connectivity index is 1.74. The van der Waals surface area contributed by atoms with E-state index in [1.165, 1.54) is 10.9 Å². The van der Waals surface area contributed by atoms with E-state index in [0.717, 1.165) is 0 Å². The Bertz CT molecular complexity index is 1180. The van der Waals surface area contributed by atoms with Crippen LogP contribution in [0.2, 0.25) is 5.02 Å². The third-order valence-electron chi connectivity index (χ3n) is 3.92. The lowest BCUT2D eigenvalue weighted by Crippen LogP contribution is -2.19. The second-order valence-corrected chi connectivity index (χ2v) is 6.17. The average molecular weight is 368 g/mol. The molecule has 4 rings (SSSR count). The van der Waals surface area contributed by atoms with Gasteiger partial charge in [0.15, 0.2) is 17.3 Å². The van der Waals surface area contributed by atoms with Gasteiger partial charge in [0.2, 0.25) is 0 Å². The molecule has 0 aliphatic carbocycles. The van der Waals surface area contributed by atoms with Crippen LogP contribution in [0.1, 0.15) is 17.1 Å². The number of rotatable bonds is 3. The molecule has 0 saturated heterocycles. The number of benzene rings is 1. The Morgan fingerprint density at radius 2 is 1.88 bits per heavy atom. The summed E-state index contributed by atoms with van der Waals surface area (Å²) >= 11 is 5.87. The van der Waals surface area contributed by atoms with Crippen molar-refractivity contribution in [3.05, 3.63) is 68.9 Å². The van der Waals surface area contributed by atoms with Gasteiger partial charge in [-0.3, -0.25) is 14.9 Å². The Morgan fingerprint density at radius 1 is 1.12 bits per heavy atom. The number of H-pyrrole nitrogens is 1. The molecule has 4 aromatic rings. The second kappa shape index (κ2) is 6.23. The van der Waals surface area contributed by atoms with Crippen molar-refractivity contribution in [1.82, 2.24) is 29.6 Å². The first-order chi connectivity index (χ1) is 12.5. The summed E-state index contributed by atoms with van der Waals surface area (Å²) in [7, 11) is 0. The predicted octanol–water partition coefficient (Wildman–Crippen LogP) is 2.62. The average Bonchev–Trinajstić information content (AvgIpc) is 3.14. The molecular formula is C17H14ClN7O. The lowest BCUT2D eigenvalue weighted by Gasteiger charge is -2.01. The van der Waals surface area contributed by atoms with Crippen LogP contribution in [-0.4, -0.2) is 35.8 Å². The molecular weight excluding hydrogens is 354 g/mol. The zero-order valence-electron chi connectivity index (χ0n) is 14.0. The highest BCUT2D eigenvalue weighted by Gasteiger charge is 2.13.